The van der Waals surface area contributed by atoms with E-state index in [1.165, 1.54) is 0 Å². The SMILES string of the molecule is COc1cc(CNC(=O)c2ccnc(CN)c2)cc(OC)c1OC. The number of ether oxygens (including phenoxy) is 3. The van der Waals surface area contributed by atoms with Crippen LogP contribution in [0.1, 0.15) is 21.6 Å². The maximum atomic E-state index is 12.3. The van der Waals surface area contributed by atoms with Crippen LogP contribution in [0, 0.1) is 0 Å². The molecule has 0 radical (unpaired) electrons. The molecule has 128 valence electrons. The third-order valence-corrected chi connectivity index (χ3v) is 3.47. The summed E-state index contributed by atoms with van der Waals surface area (Å²) in [7, 11) is 4.64. The van der Waals surface area contributed by atoms with E-state index >= 15 is 0 Å². The fourth-order valence-corrected chi connectivity index (χ4v) is 2.25. The van der Waals surface area contributed by atoms with Gasteiger partial charge in [0.05, 0.1) is 27.0 Å². The molecule has 0 fully saturated rings. The maximum absolute atomic E-state index is 12.3. The Balaban J connectivity index is 2.14. The number of benzene rings is 1. The molecule has 1 amide bonds. The Bertz CT molecular complexity index is 694. The summed E-state index contributed by atoms with van der Waals surface area (Å²) in [5.41, 5.74) is 7.54. The van der Waals surface area contributed by atoms with Gasteiger partial charge in [-0.15, -0.1) is 0 Å². The van der Waals surface area contributed by atoms with Crippen molar-refractivity contribution < 1.29 is 19.0 Å². The average Bonchev–Trinajstić information content (AvgIpc) is 2.64. The van der Waals surface area contributed by atoms with E-state index in [1.54, 1.807) is 51.8 Å². The van der Waals surface area contributed by atoms with Crippen LogP contribution >= 0.6 is 0 Å². The zero-order chi connectivity index (χ0) is 17.5. The van der Waals surface area contributed by atoms with Gasteiger partial charge in [-0.3, -0.25) is 9.78 Å². The molecule has 0 saturated carbocycles. The summed E-state index contributed by atoms with van der Waals surface area (Å²) in [6.07, 6.45) is 1.57. The van der Waals surface area contributed by atoms with Crippen molar-refractivity contribution in [3.63, 3.8) is 0 Å². The molecular weight excluding hydrogens is 310 g/mol. The largest absolute Gasteiger partial charge is 0.493 e. The van der Waals surface area contributed by atoms with E-state index in [9.17, 15) is 4.79 Å². The average molecular weight is 331 g/mol. The minimum Gasteiger partial charge on any atom is -0.493 e. The summed E-state index contributed by atoms with van der Waals surface area (Å²) in [6.45, 7) is 0.601. The molecule has 0 bridgehead atoms. The molecule has 1 heterocycles. The molecule has 24 heavy (non-hydrogen) atoms. The van der Waals surface area contributed by atoms with Gasteiger partial charge in [0.15, 0.2) is 11.5 Å². The van der Waals surface area contributed by atoms with Crippen LogP contribution in [-0.4, -0.2) is 32.2 Å². The second-order valence-corrected chi connectivity index (χ2v) is 4.96. The third-order valence-electron chi connectivity index (χ3n) is 3.47. The van der Waals surface area contributed by atoms with Gasteiger partial charge in [0, 0.05) is 24.8 Å². The van der Waals surface area contributed by atoms with Gasteiger partial charge < -0.3 is 25.3 Å². The van der Waals surface area contributed by atoms with Crippen LogP contribution < -0.4 is 25.3 Å². The minimum atomic E-state index is -0.208. The lowest BCUT2D eigenvalue weighted by Crippen LogP contribution is -2.23. The topological polar surface area (TPSA) is 95.7 Å². The van der Waals surface area contributed by atoms with E-state index in [-0.39, 0.29) is 12.5 Å². The van der Waals surface area contributed by atoms with Gasteiger partial charge in [0.1, 0.15) is 0 Å². The minimum absolute atomic E-state index is 0.208. The molecule has 1 aromatic carbocycles. The predicted molar refractivity (Wildman–Crippen MR) is 89.4 cm³/mol. The Hall–Kier alpha value is -2.80. The van der Waals surface area contributed by atoms with Crippen molar-refractivity contribution in [2.24, 2.45) is 5.73 Å². The normalized spacial score (nSPS) is 10.2. The molecule has 0 spiro atoms. The van der Waals surface area contributed by atoms with Crippen molar-refractivity contribution in [2.45, 2.75) is 13.1 Å². The first kappa shape index (κ1) is 17.6. The van der Waals surface area contributed by atoms with E-state index in [0.29, 0.717) is 35.1 Å². The van der Waals surface area contributed by atoms with Gasteiger partial charge in [-0.1, -0.05) is 0 Å². The van der Waals surface area contributed by atoms with Crippen molar-refractivity contribution in [2.75, 3.05) is 21.3 Å². The van der Waals surface area contributed by atoms with Crippen LogP contribution in [0.2, 0.25) is 0 Å². The Kier molecular flexibility index (Phi) is 5.97. The number of aromatic nitrogens is 1. The van der Waals surface area contributed by atoms with Crippen molar-refractivity contribution in [3.05, 3.63) is 47.3 Å². The van der Waals surface area contributed by atoms with Gasteiger partial charge in [0.25, 0.3) is 5.91 Å². The summed E-state index contributed by atoms with van der Waals surface area (Å²) >= 11 is 0. The highest BCUT2D eigenvalue weighted by molar-refractivity contribution is 5.94. The van der Waals surface area contributed by atoms with E-state index in [1.807, 2.05) is 0 Å². The second kappa shape index (κ2) is 8.16. The summed E-state index contributed by atoms with van der Waals surface area (Å²) in [6, 6.07) is 6.90. The number of methoxy groups -OCH3 is 3. The lowest BCUT2D eigenvalue weighted by Gasteiger charge is -2.14. The highest BCUT2D eigenvalue weighted by Crippen LogP contribution is 2.38. The molecule has 0 aliphatic carbocycles. The van der Waals surface area contributed by atoms with E-state index in [0.717, 1.165) is 5.56 Å². The quantitative estimate of drug-likeness (QED) is 0.798. The summed E-state index contributed by atoms with van der Waals surface area (Å²) in [4.78, 5) is 16.3. The van der Waals surface area contributed by atoms with Gasteiger partial charge in [0.2, 0.25) is 5.75 Å². The Morgan fingerprint density at radius 2 is 1.79 bits per heavy atom. The van der Waals surface area contributed by atoms with Crippen LogP contribution in [0.3, 0.4) is 0 Å². The molecule has 7 heteroatoms. The van der Waals surface area contributed by atoms with Crippen LogP contribution in [-0.2, 0) is 13.1 Å². The summed E-state index contributed by atoms with van der Waals surface area (Å²) in [5, 5.41) is 2.85. The fourth-order valence-electron chi connectivity index (χ4n) is 2.25. The molecule has 7 nitrogen and oxygen atoms in total. The van der Waals surface area contributed by atoms with Crippen molar-refractivity contribution in [1.29, 1.82) is 0 Å². The van der Waals surface area contributed by atoms with Gasteiger partial charge >= 0.3 is 0 Å². The maximum Gasteiger partial charge on any atom is 0.251 e. The van der Waals surface area contributed by atoms with Crippen molar-refractivity contribution in [1.82, 2.24) is 10.3 Å². The number of pyridine rings is 1. The number of hydrogen-bond acceptors (Lipinski definition) is 6. The molecule has 3 N–H and O–H groups in total. The lowest BCUT2D eigenvalue weighted by atomic mass is 10.1. The first-order chi connectivity index (χ1) is 11.6. The third kappa shape index (κ3) is 3.94. The molecule has 0 aliphatic rings. The van der Waals surface area contributed by atoms with E-state index in [4.69, 9.17) is 19.9 Å². The first-order valence-corrected chi connectivity index (χ1v) is 7.35. The Morgan fingerprint density at radius 3 is 2.33 bits per heavy atom. The molecule has 0 unspecified atom stereocenters. The number of nitrogens with two attached hydrogens (primary N) is 1. The second-order valence-electron chi connectivity index (χ2n) is 4.96. The highest BCUT2D eigenvalue weighted by Gasteiger charge is 2.14. The lowest BCUT2D eigenvalue weighted by molar-refractivity contribution is 0.0950. The van der Waals surface area contributed by atoms with Gasteiger partial charge in [-0.05, 0) is 29.8 Å². The highest BCUT2D eigenvalue weighted by atomic mass is 16.5. The molecule has 0 aliphatic heterocycles. The van der Waals surface area contributed by atoms with Crippen molar-refractivity contribution in [3.8, 4) is 17.2 Å². The Morgan fingerprint density at radius 1 is 1.12 bits per heavy atom. The Labute approximate surface area is 140 Å². The molecule has 2 rings (SSSR count). The van der Waals surface area contributed by atoms with Crippen LogP contribution in [0.25, 0.3) is 0 Å². The van der Waals surface area contributed by atoms with Gasteiger partial charge in [-0.2, -0.15) is 0 Å². The number of carbonyl (C=O) groups is 1. The summed E-state index contributed by atoms with van der Waals surface area (Å²) < 4.78 is 15.9. The molecule has 0 saturated heterocycles. The van der Waals surface area contributed by atoms with Crippen LogP contribution in [0.15, 0.2) is 30.5 Å². The fraction of sp³-hybridized carbons (Fsp3) is 0.294. The molecule has 1 aromatic heterocycles. The van der Waals surface area contributed by atoms with Crippen LogP contribution in [0.4, 0.5) is 0 Å². The summed E-state index contributed by atoms with van der Waals surface area (Å²) in [5.74, 6) is 1.38. The first-order valence-electron chi connectivity index (χ1n) is 7.35. The molecule has 0 atom stereocenters. The number of nitrogens with zero attached hydrogens (tertiary/aromatic N) is 1. The zero-order valence-corrected chi connectivity index (χ0v) is 14.0. The smallest absolute Gasteiger partial charge is 0.251 e. The standard InChI is InChI=1S/C17H21N3O4/c1-22-14-6-11(7-15(23-2)16(14)24-3)10-20-17(21)12-4-5-19-13(8-12)9-18/h4-8H,9-10,18H2,1-3H3,(H,20,21). The van der Waals surface area contributed by atoms with E-state index < -0.39 is 0 Å². The predicted octanol–water partition coefficient (Wildman–Crippen LogP) is 1.50. The number of nitrogens with one attached hydrogen (secondary N) is 1. The van der Waals surface area contributed by atoms with Crippen LogP contribution in [0.5, 0.6) is 17.2 Å². The number of amides is 1. The van der Waals surface area contributed by atoms with Gasteiger partial charge in [-0.25, -0.2) is 0 Å². The number of rotatable bonds is 7. The monoisotopic (exact) mass is 331 g/mol. The zero-order valence-electron chi connectivity index (χ0n) is 14.0. The molecular formula is C17H21N3O4. The molecule has 2 aromatic rings. The number of hydrogen-bond donors (Lipinski definition) is 2. The van der Waals surface area contributed by atoms with Crippen molar-refractivity contribution >= 4 is 5.91 Å². The number of carbonyl (C=O) groups excluding carboxylic acids is 1. The van der Waals surface area contributed by atoms with E-state index in [2.05, 4.69) is 10.3 Å².